The number of carbonyl (C=O) groups excluding carboxylic acids is 2. The zero-order chi connectivity index (χ0) is 16.3. The molecule has 120 valence electrons. The van der Waals surface area contributed by atoms with Crippen LogP contribution in [0.25, 0.3) is 0 Å². The van der Waals surface area contributed by atoms with Crippen LogP contribution in [0.1, 0.15) is 29.9 Å². The molecule has 7 heteroatoms. The molecule has 1 amide bonds. The van der Waals surface area contributed by atoms with E-state index in [2.05, 4.69) is 4.74 Å². The first-order valence-electron chi connectivity index (χ1n) is 6.83. The number of halogens is 3. The average molecular weight is 315 g/mol. The van der Waals surface area contributed by atoms with Gasteiger partial charge in [0.2, 0.25) is 5.91 Å². The van der Waals surface area contributed by atoms with Crippen molar-refractivity contribution >= 4 is 11.9 Å². The molecule has 0 aromatic heterocycles. The number of hydrogen-bond donors (Lipinski definition) is 0. The van der Waals surface area contributed by atoms with Crippen LogP contribution in [0.4, 0.5) is 13.2 Å². The van der Waals surface area contributed by atoms with Crippen LogP contribution in [0.3, 0.4) is 0 Å². The Morgan fingerprint density at radius 2 is 2.05 bits per heavy atom. The summed E-state index contributed by atoms with van der Waals surface area (Å²) in [7, 11) is 1.22. The van der Waals surface area contributed by atoms with Gasteiger partial charge in [0.25, 0.3) is 0 Å². The van der Waals surface area contributed by atoms with Crippen LogP contribution in [0.2, 0.25) is 0 Å². The van der Waals surface area contributed by atoms with Crippen molar-refractivity contribution < 1.29 is 27.5 Å². The SMILES string of the molecule is COC(=O)CN1CC[C@H](c2ccccc2C(F)(F)F)CC1=O. The summed E-state index contributed by atoms with van der Waals surface area (Å²) in [6, 6.07) is 5.31. The van der Waals surface area contributed by atoms with Gasteiger partial charge in [-0.3, -0.25) is 9.59 Å². The van der Waals surface area contributed by atoms with Crippen molar-refractivity contribution in [2.24, 2.45) is 0 Å². The van der Waals surface area contributed by atoms with Crippen molar-refractivity contribution in [2.45, 2.75) is 24.9 Å². The topological polar surface area (TPSA) is 46.6 Å². The highest BCUT2D eigenvalue weighted by Gasteiger charge is 2.37. The van der Waals surface area contributed by atoms with E-state index in [4.69, 9.17) is 0 Å². The number of ether oxygens (including phenoxy) is 1. The number of methoxy groups -OCH3 is 1. The summed E-state index contributed by atoms with van der Waals surface area (Å²) in [5, 5.41) is 0. The van der Waals surface area contributed by atoms with Gasteiger partial charge in [0.05, 0.1) is 12.7 Å². The molecule has 1 aromatic carbocycles. The molecule has 1 saturated heterocycles. The Morgan fingerprint density at radius 3 is 2.64 bits per heavy atom. The minimum Gasteiger partial charge on any atom is -0.468 e. The van der Waals surface area contributed by atoms with Gasteiger partial charge in [0, 0.05) is 13.0 Å². The molecule has 1 atom stereocenters. The lowest BCUT2D eigenvalue weighted by Crippen LogP contribution is -2.41. The molecule has 1 aliphatic rings. The summed E-state index contributed by atoms with van der Waals surface area (Å²) in [6.07, 6.45) is -4.09. The van der Waals surface area contributed by atoms with Crippen molar-refractivity contribution in [3.8, 4) is 0 Å². The first kappa shape index (κ1) is 16.3. The fraction of sp³-hybridized carbons (Fsp3) is 0.467. The zero-order valence-electron chi connectivity index (χ0n) is 12.0. The Hall–Kier alpha value is -2.05. The van der Waals surface area contributed by atoms with E-state index in [1.807, 2.05) is 0 Å². The van der Waals surface area contributed by atoms with E-state index in [9.17, 15) is 22.8 Å². The lowest BCUT2D eigenvalue weighted by molar-refractivity contribution is -0.148. The maximum absolute atomic E-state index is 13.0. The highest BCUT2D eigenvalue weighted by Crippen LogP contribution is 2.38. The van der Waals surface area contributed by atoms with Crippen LogP contribution in [-0.2, 0) is 20.5 Å². The van der Waals surface area contributed by atoms with Crippen LogP contribution < -0.4 is 0 Å². The van der Waals surface area contributed by atoms with Gasteiger partial charge in [0.15, 0.2) is 0 Å². The molecule has 1 heterocycles. The summed E-state index contributed by atoms with van der Waals surface area (Å²) in [6.45, 7) is 0.0771. The monoisotopic (exact) mass is 315 g/mol. The van der Waals surface area contributed by atoms with Crippen LogP contribution in [-0.4, -0.2) is 37.0 Å². The van der Waals surface area contributed by atoms with E-state index >= 15 is 0 Å². The largest absolute Gasteiger partial charge is 0.468 e. The van der Waals surface area contributed by atoms with Gasteiger partial charge in [-0.25, -0.2) is 0 Å². The number of piperidine rings is 1. The molecule has 0 N–H and O–H groups in total. The lowest BCUT2D eigenvalue weighted by Gasteiger charge is -2.32. The number of esters is 1. The normalized spacial score (nSPS) is 19.2. The van der Waals surface area contributed by atoms with Crippen LogP contribution in [0.15, 0.2) is 24.3 Å². The molecule has 0 bridgehead atoms. The molecule has 0 radical (unpaired) electrons. The second-order valence-corrected chi connectivity index (χ2v) is 5.17. The maximum Gasteiger partial charge on any atom is 0.416 e. The van der Waals surface area contributed by atoms with Crippen LogP contribution in [0, 0.1) is 0 Å². The highest BCUT2D eigenvalue weighted by molar-refractivity contribution is 5.83. The van der Waals surface area contributed by atoms with E-state index < -0.39 is 23.6 Å². The van der Waals surface area contributed by atoms with Gasteiger partial charge >= 0.3 is 12.1 Å². The first-order chi connectivity index (χ1) is 10.3. The summed E-state index contributed by atoms with van der Waals surface area (Å²) < 4.78 is 43.6. The Morgan fingerprint density at radius 1 is 1.36 bits per heavy atom. The summed E-state index contributed by atoms with van der Waals surface area (Å²) in [5.41, 5.74) is -0.560. The van der Waals surface area contributed by atoms with E-state index in [0.717, 1.165) is 6.07 Å². The van der Waals surface area contributed by atoms with Gasteiger partial charge in [-0.05, 0) is 24.0 Å². The van der Waals surface area contributed by atoms with Crippen molar-refractivity contribution in [3.63, 3.8) is 0 Å². The maximum atomic E-state index is 13.0. The van der Waals surface area contributed by atoms with E-state index in [-0.39, 0.29) is 31.0 Å². The average Bonchev–Trinajstić information content (AvgIpc) is 2.48. The first-order valence-corrected chi connectivity index (χ1v) is 6.83. The third-order valence-electron chi connectivity index (χ3n) is 3.77. The van der Waals surface area contributed by atoms with Crippen molar-refractivity contribution in [1.82, 2.24) is 4.90 Å². The number of nitrogens with zero attached hydrogens (tertiary/aromatic N) is 1. The predicted octanol–water partition coefficient (Wildman–Crippen LogP) is 2.58. The van der Waals surface area contributed by atoms with Crippen molar-refractivity contribution in [2.75, 3.05) is 20.2 Å². The third-order valence-corrected chi connectivity index (χ3v) is 3.77. The molecular weight excluding hydrogens is 299 g/mol. The quantitative estimate of drug-likeness (QED) is 0.806. The molecule has 0 saturated carbocycles. The van der Waals surface area contributed by atoms with Gasteiger partial charge < -0.3 is 9.64 Å². The molecule has 1 fully saturated rings. The zero-order valence-corrected chi connectivity index (χ0v) is 12.0. The number of alkyl halides is 3. The minimum atomic E-state index is -4.44. The molecule has 0 unspecified atom stereocenters. The fourth-order valence-electron chi connectivity index (χ4n) is 2.64. The molecule has 1 aliphatic heterocycles. The number of hydrogen-bond acceptors (Lipinski definition) is 3. The number of rotatable bonds is 3. The van der Waals surface area contributed by atoms with Crippen LogP contribution >= 0.6 is 0 Å². The molecule has 0 spiro atoms. The molecule has 4 nitrogen and oxygen atoms in total. The second kappa shape index (κ2) is 6.37. The van der Waals surface area contributed by atoms with Gasteiger partial charge in [-0.15, -0.1) is 0 Å². The van der Waals surface area contributed by atoms with Gasteiger partial charge in [0.1, 0.15) is 6.54 Å². The van der Waals surface area contributed by atoms with Crippen LogP contribution in [0.5, 0.6) is 0 Å². The molecule has 0 aliphatic carbocycles. The van der Waals surface area contributed by atoms with Gasteiger partial charge in [-0.1, -0.05) is 18.2 Å². The smallest absolute Gasteiger partial charge is 0.416 e. The van der Waals surface area contributed by atoms with Crippen molar-refractivity contribution in [3.05, 3.63) is 35.4 Å². The molecule has 22 heavy (non-hydrogen) atoms. The standard InChI is InChI=1S/C15H16F3NO3/c1-22-14(21)9-19-7-6-10(8-13(19)20)11-4-2-3-5-12(11)15(16,17)18/h2-5,10H,6-9H2,1H3/t10-/m0/s1. The highest BCUT2D eigenvalue weighted by atomic mass is 19.4. The van der Waals surface area contributed by atoms with Gasteiger partial charge in [-0.2, -0.15) is 13.2 Å². The van der Waals surface area contributed by atoms with Crippen molar-refractivity contribution in [1.29, 1.82) is 0 Å². The Kier molecular flexibility index (Phi) is 4.73. The molecule has 2 rings (SSSR count). The summed E-state index contributed by atoms with van der Waals surface area (Å²) in [5.74, 6) is -1.36. The third kappa shape index (κ3) is 3.58. The van der Waals surface area contributed by atoms with E-state index in [1.54, 1.807) is 0 Å². The van der Waals surface area contributed by atoms with E-state index in [0.29, 0.717) is 6.42 Å². The Balaban J connectivity index is 2.14. The minimum absolute atomic E-state index is 0.0376. The number of likely N-dealkylation sites (tertiary alicyclic amines) is 1. The fourth-order valence-corrected chi connectivity index (χ4v) is 2.64. The Bertz CT molecular complexity index is 571. The summed E-state index contributed by atoms with van der Waals surface area (Å²) >= 11 is 0. The number of amides is 1. The number of benzene rings is 1. The molecule has 1 aromatic rings. The Labute approximate surface area is 125 Å². The lowest BCUT2D eigenvalue weighted by atomic mass is 9.86. The molecular formula is C15H16F3NO3. The number of carbonyl (C=O) groups is 2. The summed E-state index contributed by atoms with van der Waals surface area (Å²) in [4.78, 5) is 24.5. The second-order valence-electron chi connectivity index (χ2n) is 5.17. The predicted molar refractivity (Wildman–Crippen MR) is 72.0 cm³/mol. The van der Waals surface area contributed by atoms with E-state index in [1.165, 1.54) is 30.2 Å².